The van der Waals surface area contributed by atoms with Gasteiger partial charge >= 0.3 is 0 Å². The van der Waals surface area contributed by atoms with Crippen molar-refractivity contribution in [3.63, 3.8) is 0 Å². The van der Waals surface area contributed by atoms with E-state index in [9.17, 15) is 13.6 Å². The Bertz CT molecular complexity index is 153. The van der Waals surface area contributed by atoms with Crippen LogP contribution in [-0.4, -0.2) is 23.7 Å². The van der Waals surface area contributed by atoms with Gasteiger partial charge in [-0.25, -0.2) is 4.39 Å². The fourth-order valence-electron chi connectivity index (χ4n) is 1.01. The van der Waals surface area contributed by atoms with Gasteiger partial charge in [0.15, 0.2) is 5.12 Å². The molecule has 0 N–H and O–H groups in total. The minimum absolute atomic E-state index is 0.112. The molecule has 0 bridgehead atoms. The van der Waals surface area contributed by atoms with Crippen LogP contribution in [0.15, 0.2) is 0 Å². The van der Waals surface area contributed by atoms with Crippen LogP contribution in [-0.2, 0) is 4.79 Å². The Kier molecular flexibility index (Phi) is 9.35. The normalized spacial score (nSPS) is 12.8. The molecule has 0 aromatic heterocycles. The van der Waals surface area contributed by atoms with Gasteiger partial charge in [-0.2, -0.15) is 0 Å². The lowest BCUT2D eigenvalue weighted by Crippen LogP contribution is -2.03. The van der Waals surface area contributed by atoms with Gasteiger partial charge in [0.05, 0.1) is 6.67 Å². The monoisotopic (exact) mass is 224 g/mol. The van der Waals surface area contributed by atoms with Crippen LogP contribution in [0.25, 0.3) is 0 Å². The van der Waals surface area contributed by atoms with Crippen molar-refractivity contribution in [3.8, 4) is 0 Å². The van der Waals surface area contributed by atoms with Crippen LogP contribution >= 0.6 is 11.8 Å². The third-order valence-corrected chi connectivity index (χ3v) is 2.93. The topological polar surface area (TPSA) is 17.1 Å². The molecule has 1 nitrogen and oxygen atoms in total. The number of halogens is 2. The summed E-state index contributed by atoms with van der Waals surface area (Å²) in [5, 5.41) is 0.112. The smallest absolute Gasteiger partial charge is 0.188 e. The van der Waals surface area contributed by atoms with E-state index in [2.05, 4.69) is 0 Å². The second kappa shape index (κ2) is 9.44. The maximum absolute atomic E-state index is 13.0. The highest BCUT2D eigenvalue weighted by atomic mass is 32.2. The van der Waals surface area contributed by atoms with Gasteiger partial charge in [0, 0.05) is 12.2 Å². The predicted molar refractivity (Wildman–Crippen MR) is 57.1 cm³/mol. The number of unbranched alkanes of at least 4 members (excludes halogenated alkanes) is 1. The van der Waals surface area contributed by atoms with Crippen molar-refractivity contribution in [2.24, 2.45) is 0 Å². The average molecular weight is 224 g/mol. The van der Waals surface area contributed by atoms with Crippen LogP contribution in [0, 0.1) is 0 Å². The van der Waals surface area contributed by atoms with E-state index in [1.54, 1.807) is 6.92 Å². The molecule has 0 rings (SSSR count). The fourth-order valence-corrected chi connectivity index (χ4v) is 1.81. The van der Waals surface area contributed by atoms with E-state index in [-0.39, 0.29) is 11.8 Å². The Labute approximate surface area is 88.6 Å². The minimum Gasteiger partial charge on any atom is -0.287 e. The Morgan fingerprint density at radius 1 is 1.36 bits per heavy atom. The molecule has 0 radical (unpaired) electrons. The van der Waals surface area contributed by atoms with Gasteiger partial charge < -0.3 is 0 Å². The van der Waals surface area contributed by atoms with Gasteiger partial charge in [-0.15, -0.1) is 0 Å². The molecular weight excluding hydrogens is 206 g/mol. The third kappa shape index (κ3) is 8.48. The van der Waals surface area contributed by atoms with E-state index >= 15 is 0 Å². The van der Waals surface area contributed by atoms with Gasteiger partial charge in [-0.1, -0.05) is 18.7 Å². The summed E-state index contributed by atoms with van der Waals surface area (Å²) in [5.74, 6) is 0.545. The highest BCUT2D eigenvalue weighted by Crippen LogP contribution is 2.14. The number of hydrogen-bond donors (Lipinski definition) is 0. The predicted octanol–water partition coefficient (Wildman–Crippen LogP) is 3.52. The summed E-state index contributed by atoms with van der Waals surface area (Å²) in [5.41, 5.74) is 0. The van der Waals surface area contributed by atoms with Crippen molar-refractivity contribution in [3.05, 3.63) is 0 Å². The molecule has 84 valence electrons. The second-order valence-electron chi connectivity index (χ2n) is 3.14. The Hall–Kier alpha value is -0.120. The number of carbonyl (C=O) groups is 1. The zero-order valence-corrected chi connectivity index (χ0v) is 9.42. The Balaban J connectivity index is 3.26. The third-order valence-electron chi connectivity index (χ3n) is 1.88. The van der Waals surface area contributed by atoms with Crippen LogP contribution < -0.4 is 0 Å². The average Bonchev–Trinajstić information content (AvgIpc) is 2.18. The molecule has 4 heteroatoms. The van der Waals surface area contributed by atoms with E-state index in [0.717, 1.165) is 0 Å². The van der Waals surface area contributed by atoms with Gasteiger partial charge in [-0.05, 0) is 25.7 Å². The fraction of sp³-hybridized carbons (Fsp3) is 0.900. The molecule has 0 aromatic rings. The van der Waals surface area contributed by atoms with Crippen LogP contribution in [0.3, 0.4) is 0 Å². The number of thioether (sulfide) groups is 1. The molecule has 0 aromatic carbocycles. The summed E-state index contributed by atoms with van der Waals surface area (Å²) in [6.45, 7) is 1.43. The summed E-state index contributed by atoms with van der Waals surface area (Å²) < 4.78 is 24.7. The maximum atomic E-state index is 13.0. The van der Waals surface area contributed by atoms with E-state index in [0.29, 0.717) is 37.9 Å². The molecule has 0 saturated carbocycles. The first-order valence-electron chi connectivity index (χ1n) is 5.06. The number of rotatable bonds is 8. The van der Waals surface area contributed by atoms with E-state index in [1.165, 1.54) is 11.8 Å². The van der Waals surface area contributed by atoms with Crippen molar-refractivity contribution in [1.82, 2.24) is 0 Å². The molecule has 0 spiro atoms. The van der Waals surface area contributed by atoms with E-state index in [4.69, 9.17) is 0 Å². The molecule has 1 unspecified atom stereocenters. The maximum Gasteiger partial charge on any atom is 0.188 e. The Morgan fingerprint density at radius 2 is 2.07 bits per heavy atom. The summed E-state index contributed by atoms with van der Waals surface area (Å²) in [6, 6.07) is 0. The summed E-state index contributed by atoms with van der Waals surface area (Å²) in [4.78, 5) is 10.8. The summed E-state index contributed by atoms with van der Waals surface area (Å²) >= 11 is 1.19. The first-order valence-corrected chi connectivity index (χ1v) is 6.05. The first-order chi connectivity index (χ1) is 6.70. The van der Waals surface area contributed by atoms with Crippen LogP contribution in [0.2, 0.25) is 0 Å². The lowest BCUT2D eigenvalue weighted by Gasteiger charge is -2.05. The van der Waals surface area contributed by atoms with Crippen molar-refractivity contribution in [2.45, 2.75) is 45.2 Å². The molecule has 0 fully saturated rings. The first kappa shape index (κ1) is 13.9. The lowest BCUT2D eigenvalue weighted by atomic mass is 10.1. The molecule has 1 atom stereocenters. The van der Waals surface area contributed by atoms with Crippen molar-refractivity contribution in [2.75, 3.05) is 12.4 Å². The van der Waals surface area contributed by atoms with E-state index < -0.39 is 6.17 Å². The lowest BCUT2D eigenvalue weighted by molar-refractivity contribution is -0.110. The zero-order valence-electron chi connectivity index (χ0n) is 8.60. The van der Waals surface area contributed by atoms with Gasteiger partial charge in [0.1, 0.15) is 6.17 Å². The minimum atomic E-state index is -0.876. The Morgan fingerprint density at radius 3 is 2.64 bits per heavy atom. The van der Waals surface area contributed by atoms with Crippen LogP contribution in [0.4, 0.5) is 8.78 Å². The number of hydrogen-bond acceptors (Lipinski definition) is 2. The van der Waals surface area contributed by atoms with Gasteiger partial charge in [-0.3, -0.25) is 9.18 Å². The largest absolute Gasteiger partial charge is 0.287 e. The molecule has 0 aliphatic carbocycles. The standard InChI is InChI=1S/C10H18F2OS/c1-2-10(13)14-8-6-9(12)5-3-4-7-11/h9H,2-8H2,1H3. The van der Waals surface area contributed by atoms with Gasteiger partial charge in [0.25, 0.3) is 0 Å². The number of carbonyl (C=O) groups excluding carboxylic acids is 1. The van der Waals surface area contributed by atoms with Crippen molar-refractivity contribution in [1.29, 1.82) is 0 Å². The summed E-state index contributed by atoms with van der Waals surface area (Å²) in [7, 11) is 0. The zero-order chi connectivity index (χ0) is 10.8. The molecule has 0 amide bonds. The molecule has 0 aliphatic heterocycles. The van der Waals surface area contributed by atoms with Gasteiger partial charge in [0.2, 0.25) is 0 Å². The number of alkyl halides is 2. The van der Waals surface area contributed by atoms with Crippen LogP contribution in [0.1, 0.15) is 39.0 Å². The van der Waals surface area contributed by atoms with Crippen molar-refractivity contribution >= 4 is 16.9 Å². The molecular formula is C10H18F2OS. The highest BCUT2D eigenvalue weighted by molar-refractivity contribution is 8.13. The van der Waals surface area contributed by atoms with Crippen LogP contribution in [0.5, 0.6) is 0 Å². The summed E-state index contributed by atoms with van der Waals surface area (Å²) in [6.07, 6.45) is 1.50. The second-order valence-corrected chi connectivity index (χ2v) is 4.30. The molecule has 0 saturated heterocycles. The SMILES string of the molecule is CCC(=O)SCCC(F)CCCCF. The molecule has 14 heavy (non-hydrogen) atoms. The molecule has 0 aliphatic rings. The highest BCUT2D eigenvalue weighted by Gasteiger charge is 2.07. The van der Waals surface area contributed by atoms with E-state index in [1.807, 2.05) is 0 Å². The van der Waals surface area contributed by atoms with Crippen molar-refractivity contribution < 1.29 is 13.6 Å². The molecule has 0 heterocycles. The quantitative estimate of drug-likeness (QED) is 0.587.